The van der Waals surface area contributed by atoms with Gasteiger partial charge in [-0.3, -0.25) is 13.6 Å². The molecule has 41 heavy (non-hydrogen) atoms. The number of hydrogen-bond acceptors (Lipinski definition) is 10. The van der Waals surface area contributed by atoms with Crippen molar-refractivity contribution in [3.63, 3.8) is 0 Å². The van der Waals surface area contributed by atoms with Gasteiger partial charge in [0, 0.05) is 0 Å². The molecule has 0 aromatic carbocycles. The molecule has 1 aliphatic rings. The average Bonchev–Trinajstić information content (AvgIpc) is 3.50. The van der Waals surface area contributed by atoms with Crippen molar-refractivity contribution < 1.29 is 33.5 Å². The smallest absolute Gasteiger partial charge is 0.387 e. The maximum Gasteiger partial charge on any atom is 0.472 e. The predicted octanol–water partition coefficient (Wildman–Crippen LogP) is 4.75. The molecule has 3 rings (SSSR count). The molecule has 1 unspecified atom stereocenters. The largest absolute Gasteiger partial charge is 0.472 e. The summed E-state index contributed by atoms with van der Waals surface area (Å²) in [4.78, 5) is 22.1. The molecule has 3 heterocycles. The fourth-order valence-corrected chi connectivity index (χ4v) is 5.21. The summed E-state index contributed by atoms with van der Waals surface area (Å²) < 4.78 is 29.5. The van der Waals surface area contributed by atoms with Gasteiger partial charge in [-0.15, -0.1) is 0 Å². The van der Waals surface area contributed by atoms with Crippen molar-refractivity contribution in [2.24, 2.45) is 0 Å². The molecule has 0 aliphatic carbocycles. The van der Waals surface area contributed by atoms with Gasteiger partial charge < -0.3 is 25.6 Å². The highest BCUT2D eigenvalue weighted by Crippen LogP contribution is 2.44. The summed E-state index contributed by atoms with van der Waals surface area (Å²) in [6.45, 7) is 1.77. The van der Waals surface area contributed by atoms with Gasteiger partial charge in [0.25, 0.3) is 0 Å². The second-order valence-electron chi connectivity index (χ2n) is 9.93. The summed E-state index contributed by atoms with van der Waals surface area (Å²) in [5.41, 5.74) is 6.44. The first-order valence-corrected chi connectivity index (χ1v) is 15.8. The number of fused-ring (bicyclic) bond motifs is 1. The number of aromatic nitrogens is 4. The third-order valence-electron chi connectivity index (χ3n) is 6.70. The number of nitrogens with zero attached hydrogens (tertiary/aromatic N) is 4. The van der Waals surface area contributed by atoms with Gasteiger partial charge in [-0.2, -0.15) is 0 Å². The van der Waals surface area contributed by atoms with E-state index in [0.29, 0.717) is 17.6 Å². The number of aliphatic hydroxyl groups excluding tert-OH is 2. The van der Waals surface area contributed by atoms with E-state index in [1.807, 2.05) is 0 Å². The lowest BCUT2D eigenvalue weighted by molar-refractivity contribution is -0.0514. The Kier molecular flexibility index (Phi) is 14.1. The number of anilines is 1. The summed E-state index contributed by atoms with van der Waals surface area (Å²) in [5.74, 6) is 0.165. The molecule has 0 saturated carbocycles. The van der Waals surface area contributed by atoms with Crippen molar-refractivity contribution in [1.82, 2.24) is 19.5 Å². The average molecular weight is 594 g/mol. The molecule has 12 nitrogen and oxygen atoms in total. The summed E-state index contributed by atoms with van der Waals surface area (Å²) >= 11 is 0. The number of nitrogens with two attached hydrogens (primary N) is 1. The summed E-state index contributed by atoms with van der Waals surface area (Å²) in [7, 11) is -4.35. The minimum atomic E-state index is -4.35. The van der Waals surface area contributed by atoms with Crippen molar-refractivity contribution >= 4 is 24.8 Å². The van der Waals surface area contributed by atoms with Gasteiger partial charge >= 0.3 is 7.82 Å². The maximum absolute atomic E-state index is 12.3. The van der Waals surface area contributed by atoms with E-state index in [1.54, 1.807) is 0 Å². The fraction of sp³-hybridized carbons (Fsp3) is 0.607. The zero-order valence-corrected chi connectivity index (χ0v) is 24.6. The first-order chi connectivity index (χ1) is 19.8. The van der Waals surface area contributed by atoms with Crippen molar-refractivity contribution in [2.45, 2.75) is 95.7 Å². The number of rotatable bonds is 19. The van der Waals surface area contributed by atoms with Crippen LogP contribution in [0.2, 0.25) is 0 Å². The van der Waals surface area contributed by atoms with Crippen molar-refractivity contribution in [1.29, 1.82) is 0 Å². The number of ether oxygens (including phenoxy) is 1. The summed E-state index contributed by atoms with van der Waals surface area (Å²) in [5, 5.41) is 20.9. The number of imidazole rings is 1. The Labute approximate surface area is 241 Å². The number of unbranched alkanes of at least 4 members (excludes halogenated alkanes) is 6. The van der Waals surface area contributed by atoms with Crippen LogP contribution < -0.4 is 5.73 Å². The molecule has 0 radical (unpaired) electrons. The molecule has 1 saturated heterocycles. The molecule has 0 bridgehead atoms. The second-order valence-corrected chi connectivity index (χ2v) is 11.4. The van der Waals surface area contributed by atoms with Crippen LogP contribution in [0.3, 0.4) is 0 Å². The lowest BCUT2D eigenvalue weighted by atomic mass is 10.1. The van der Waals surface area contributed by atoms with Crippen LogP contribution in [0.15, 0.2) is 49.1 Å². The standard InChI is InChI=1S/C28H44N5O7P/c1-2-3-4-5-6-7-8-9-10-11-12-13-14-15-16-17-18-38-41(36,37)39-19-22-24(34)25(35)28(40-22)33-21-32-23-26(29)30-20-31-27(23)33/h3-4,6-7,9-10,20-22,24-25,28,34-35H,2,5,8,11-19H2,1H3,(H,36,37)(H2,29,30,31)/b4-3-,7-6-,10-9-/t22-,24-,25+,28-/m1/s1. The van der Waals surface area contributed by atoms with Crippen LogP contribution in [0.1, 0.15) is 77.4 Å². The van der Waals surface area contributed by atoms with Gasteiger partial charge in [0.1, 0.15) is 30.2 Å². The predicted molar refractivity (Wildman–Crippen MR) is 157 cm³/mol. The Morgan fingerprint density at radius 1 is 0.951 bits per heavy atom. The van der Waals surface area contributed by atoms with E-state index in [9.17, 15) is 19.7 Å². The number of phosphoric acid groups is 1. The van der Waals surface area contributed by atoms with E-state index >= 15 is 0 Å². The second kappa shape index (κ2) is 17.5. The van der Waals surface area contributed by atoms with Gasteiger partial charge in [-0.1, -0.05) is 69.1 Å². The molecule has 5 atom stereocenters. The molecule has 2 aromatic rings. The van der Waals surface area contributed by atoms with Crippen LogP contribution in [0.4, 0.5) is 5.82 Å². The van der Waals surface area contributed by atoms with E-state index < -0.39 is 39.0 Å². The highest BCUT2D eigenvalue weighted by molar-refractivity contribution is 7.47. The Hall–Kier alpha value is -2.44. The van der Waals surface area contributed by atoms with E-state index in [1.165, 1.54) is 17.2 Å². The molecular weight excluding hydrogens is 549 g/mol. The molecule has 2 aromatic heterocycles. The molecular formula is C28H44N5O7P. The Morgan fingerprint density at radius 2 is 1.63 bits per heavy atom. The minimum Gasteiger partial charge on any atom is -0.387 e. The Morgan fingerprint density at radius 3 is 2.39 bits per heavy atom. The summed E-state index contributed by atoms with van der Waals surface area (Å²) in [6.07, 6.45) is 21.0. The highest BCUT2D eigenvalue weighted by atomic mass is 31.2. The molecule has 1 aliphatic heterocycles. The van der Waals surface area contributed by atoms with E-state index in [-0.39, 0.29) is 12.4 Å². The third-order valence-corrected chi connectivity index (χ3v) is 7.68. The van der Waals surface area contributed by atoms with Crippen LogP contribution in [0.5, 0.6) is 0 Å². The third kappa shape index (κ3) is 10.7. The molecule has 0 spiro atoms. The Bertz CT molecular complexity index is 1190. The van der Waals surface area contributed by atoms with Crippen LogP contribution in [-0.4, -0.2) is 66.2 Å². The molecule has 13 heteroatoms. The molecule has 0 amide bonds. The van der Waals surface area contributed by atoms with Gasteiger partial charge in [-0.05, 0) is 38.5 Å². The van der Waals surface area contributed by atoms with Crippen LogP contribution >= 0.6 is 7.82 Å². The number of allylic oxidation sites excluding steroid dienone is 6. The van der Waals surface area contributed by atoms with Gasteiger partial charge in [0.05, 0.1) is 19.5 Å². The topological polar surface area (TPSA) is 175 Å². The molecule has 5 N–H and O–H groups in total. The lowest BCUT2D eigenvalue weighted by Gasteiger charge is -2.17. The van der Waals surface area contributed by atoms with Gasteiger partial charge in [0.15, 0.2) is 17.7 Å². The number of nitrogen functional groups attached to an aromatic ring is 1. The highest BCUT2D eigenvalue weighted by Gasteiger charge is 2.45. The lowest BCUT2D eigenvalue weighted by Crippen LogP contribution is -2.33. The van der Waals surface area contributed by atoms with Gasteiger partial charge in [-0.25, -0.2) is 19.5 Å². The monoisotopic (exact) mass is 593 g/mol. The fourth-order valence-electron chi connectivity index (χ4n) is 4.44. The van der Waals surface area contributed by atoms with Crippen LogP contribution in [0, 0.1) is 0 Å². The maximum atomic E-state index is 12.3. The molecule has 228 valence electrons. The van der Waals surface area contributed by atoms with E-state index in [0.717, 1.165) is 57.8 Å². The number of phosphoric ester groups is 1. The first-order valence-electron chi connectivity index (χ1n) is 14.4. The minimum absolute atomic E-state index is 0.0831. The number of aliphatic hydroxyl groups is 2. The van der Waals surface area contributed by atoms with Crippen LogP contribution in [0.25, 0.3) is 11.2 Å². The van der Waals surface area contributed by atoms with Crippen molar-refractivity contribution in [3.05, 3.63) is 49.1 Å². The SMILES string of the molecule is CC/C=C\C/C=C\C/C=C\CCCCCCCCOP(=O)(O)OC[C@H]1O[C@@H](n2cnc3c(N)ncnc32)[C@@H](O)[C@@H]1O. The van der Waals surface area contributed by atoms with E-state index in [4.69, 9.17) is 19.5 Å². The number of hydrogen-bond donors (Lipinski definition) is 4. The zero-order chi connectivity index (χ0) is 29.5. The summed E-state index contributed by atoms with van der Waals surface area (Å²) in [6, 6.07) is 0. The van der Waals surface area contributed by atoms with Crippen molar-refractivity contribution in [3.8, 4) is 0 Å². The van der Waals surface area contributed by atoms with Crippen LogP contribution in [-0.2, 0) is 18.3 Å². The Balaban J connectivity index is 1.25. The van der Waals surface area contributed by atoms with Gasteiger partial charge in [0.2, 0.25) is 0 Å². The van der Waals surface area contributed by atoms with Crippen molar-refractivity contribution in [2.75, 3.05) is 18.9 Å². The zero-order valence-electron chi connectivity index (χ0n) is 23.7. The first kappa shape index (κ1) is 33.1. The van der Waals surface area contributed by atoms with E-state index in [2.05, 4.69) is 58.3 Å². The normalized spacial score (nSPS) is 23.0. The molecule has 1 fully saturated rings. The quantitative estimate of drug-likeness (QED) is 0.100.